The van der Waals surface area contributed by atoms with Crippen molar-refractivity contribution in [1.82, 2.24) is 5.32 Å². The Morgan fingerprint density at radius 2 is 1.36 bits per heavy atom. The highest BCUT2D eigenvalue weighted by molar-refractivity contribution is 5.97. The zero-order chi connectivity index (χ0) is 24.6. The van der Waals surface area contributed by atoms with E-state index < -0.39 is 35.3 Å². The lowest BCUT2D eigenvalue weighted by Crippen LogP contribution is -2.53. The van der Waals surface area contributed by atoms with Gasteiger partial charge in [-0.1, -0.05) is 30.0 Å². The molecule has 0 saturated carbocycles. The monoisotopic (exact) mass is 450 g/mol. The molecule has 0 spiro atoms. The summed E-state index contributed by atoms with van der Waals surface area (Å²) in [6.45, 7) is 12.7. The molecule has 2 N–H and O–H groups in total. The molecule has 0 fully saturated rings. The number of carbonyl (C=O) groups excluding carboxylic acids is 2. The topological polar surface area (TPSA) is 76.7 Å². The molecular weight excluding hydrogens is 416 g/mol. The molecule has 33 heavy (non-hydrogen) atoms. The van der Waals surface area contributed by atoms with E-state index in [2.05, 4.69) is 22.5 Å². The summed E-state index contributed by atoms with van der Waals surface area (Å²) < 4.78 is 11.3. The first kappa shape index (κ1) is 26.0. The van der Waals surface area contributed by atoms with Gasteiger partial charge in [0.25, 0.3) is 0 Å². The van der Waals surface area contributed by atoms with Gasteiger partial charge in [-0.05, 0) is 84.9 Å². The van der Waals surface area contributed by atoms with Crippen LogP contribution in [-0.4, -0.2) is 35.3 Å². The molecule has 2 amide bonds. The van der Waals surface area contributed by atoms with Crippen LogP contribution in [0.2, 0.25) is 0 Å². The highest BCUT2D eigenvalue weighted by Gasteiger charge is 2.32. The number of carbonyl (C=O) groups is 2. The van der Waals surface area contributed by atoms with Crippen LogP contribution in [0.25, 0.3) is 0 Å². The molecule has 6 nitrogen and oxygen atoms in total. The van der Waals surface area contributed by atoms with Crippen LogP contribution in [-0.2, 0) is 14.3 Å². The van der Waals surface area contributed by atoms with Crippen LogP contribution in [0.1, 0.15) is 59.6 Å². The lowest BCUT2D eigenvalue weighted by molar-refractivity contribution is -0.126. The molecule has 2 aromatic carbocycles. The molecule has 0 aliphatic carbocycles. The summed E-state index contributed by atoms with van der Waals surface area (Å²) in [5, 5.41) is 5.49. The van der Waals surface area contributed by atoms with E-state index in [4.69, 9.17) is 9.47 Å². The Hall–Kier alpha value is -3.30. The fourth-order valence-corrected chi connectivity index (χ4v) is 2.98. The number of ether oxygens (including phenoxy) is 2. The van der Waals surface area contributed by atoms with Gasteiger partial charge in [0.2, 0.25) is 5.91 Å². The van der Waals surface area contributed by atoms with Crippen molar-refractivity contribution in [2.24, 2.45) is 0 Å². The van der Waals surface area contributed by atoms with E-state index in [0.717, 1.165) is 11.1 Å². The SMILES string of the molecule is C[C@@H](OC(C)(C)C)C(NC(=O)OC(C)(C)C)C(=O)Nc1ccc(C#Cc2ccccc2)cc1. The van der Waals surface area contributed by atoms with Gasteiger partial charge in [0.05, 0.1) is 11.7 Å². The molecule has 6 heteroatoms. The Kier molecular flexibility index (Phi) is 8.67. The zero-order valence-corrected chi connectivity index (χ0v) is 20.5. The second-order valence-electron chi connectivity index (χ2n) is 9.74. The largest absolute Gasteiger partial charge is 0.444 e. The summed E-state index contributed by atoms with van der Waals surface area (Å²) in [4.78, 5) is 25.4. The minimum Gasteiger partial charge on any atom is -0.444 e. The third-order valence-corrected chi connectivity index (χ3v) is 4.24. The first-order chi connectivity index (χ1) is 15.3. The number of rotatable bonds is 5. The van der Waals surface area contributed by atoms with Crippen molar-refractivity contribution in [3.63, 3.8) is 0 Å². The van der Waals surface area contributed by atoms with Gasteiger partial charge in [-0.2, -0.15) is 0 Å². The third-order valence-electron chi connectivity index (χ3n) is 4.24. The van der Waals surface area contributed by atoms with Gasteiger partial charge in [-0.15, -0.1) is 0 Å². The second kappa shape index (κ2) is 11.0. The van der Waals surface area contributed by atoms with Gasteiger partial charge in [0.15, 0.2) is 0 Å². The zero-order valence-electron chi connectivity index (χ0n) is 20.5. The van der Waals surface area contributed by atoms with E-state index in [9.17, 15) is 9.59 Å². The molecule has 2 aromatic rings. The molecule has 1 unspecified atom stereocenters. The van der Waals surface area contributed by atoms with E-state index in [0.29, 0.717) is 5.69 Å². The molecule has 176 valence electrons. The van der Waals surface area contributed by atoms with Crippen LogP contribution in [0, 0.1) is 11.8 Å². The van der Waals surface area contributed by atoms with Crippen molar-refractivity contribution in [2.45, 2.75) is 71.8 Å². The Labute approximate surface area is 197 Å². The highest BCUT2D eigenvalue weighted by Crippen LogP contribution is 2.16. The van der Waals surface area contributed by atoms with E-state index in [-0.39, 0.29) is 0 Å². The lowest BCUT2D eigenvalue weighted by Gasteiger charge is -2.31. The van der Waals surface area contributed by atoms with E-state index in [1.807, 2.05) is 63.2 Å². The smallest absolute Gasteiger partial charge is 0.408 e. The number of alkyl carbamates (subject to hydrolysis) is 1. The maximum atomic E-state index is 13.0. The first-order valence-corrected chi connectivity index (χ1v) is 11.0. The molecule has 2 atom stereocenters. The van der Waals surface area contributed by atoms with Crippen LogP contribution >= 0.6 is 0 Å². The number of nitrogens with one attached hydrogen (secondary N) is 2. The minimum absolute atomic E-state index is 0.402. The lowest BCUT2D eigenvalue weighted by atomic mass is 10.1. The van der Waals surface area contributed by atoms with Crippen molar-refractivity contribution in [3.8, 4) is 11.8 Å². The molecule has 0 heterocycles. The highest BCUT2D eigenvalue weighted by atomic mass is 16.6. The minimum atomic E-state index is -0.948. The fraction of sp³-hybridized carbons (Fsp3) is 0.407. The Balaban J connectivity index is 2.11. The summed E-state index contributed by atoms with van der Waals surface area (Å²) in [5.41, 5.74) is 1.16. The van der Waals surface area contributed by atoms with Gasteiger partial charge in [-0.3, -0.25) is 4.79 Å². The summed E-state index contributed by atoms with van der Waals surface area (Å²) in [6, 6.07) is 16.0. The van der Waals surface area contributed by atoms with Gasteiger partial charge in [0.1, 0.15) is 11.6 Å². The molecule has 2 rings (SSSR count). The van der Waals surface area contributed by atoms with Crippen LogP contribution in [0.4, 0.5) is 10.5 Å². The van der Waals surface area contributed by atoms with Crippen molar-refractivity contribution in [2.75, 3.05) is 5.32 Å². The Morgan fingerprint density at radius 1 is 0.818 bits per heavy atom. The predicted molar refractivity (Wildman–Crippen MR) is 131 cm³/mol. The Bertz CT molecular complexity index is 991. The van der Waals surface area contributed by atoms with Crippen LogP contribution in [0.5, 0.6) is 0 Å². The average Bonchev–Trinajstić information content (AvgIpc) is 2.69. The number of anilines is 1. The fourth-order valence-electron chi connectivity index (χ4n) is 2.98. The van der Waals surface area contributed by atoms with E-state index >= 15 is 0 Å². The van der Waals surface area contributed by atoms with Gasteiger partial charge < -0.3 is 20.1 Å². The maximum absolute atomic E-state index is 13.0. The second-order valence-corrected chi connectivity index (χ2v) is 9.74. The van der Waals surface area contributed by atoms with Gasteiger partial charge >= 0.3 is 6.09 Å². The summed E-state index contributed by atoms with van der Waals surface area (Å²) in [5.74, 6) is 5.80. The number of hydrogen-bond donors (Lipinski definition) is 2. The van der Waals surface area contributed by atoms with E-state index in [1.165, 1.54) is 0 Å². The van der Waals surface area contributed by atoms with Crippen molar-refractivity contribution in [3.05, 3.63) is 65.7 Å². The molecule has 0 aliphatic rings. The molecule has 0 bridgehead atoms. The standard InChI is InChI=1S/C27H34N2O4/c1-19(32-26(2,3)4)23(29-25(31)33-27(5,6)7)24(30)28-22-17-15-21(16-18-22)14-13-20-11-9-8-10-12-20/h8-12,15-19,23H,1-7H3,(H,28,30)(H,29,31)/t19-,23?/m1/s1. The quantitative estimate of drug-likeness (QED) is 0.620. The average molecular weight is 451 g/mol. The van der Waals surface area contributed by atoms with Crippen molar-refractivity contribution < 1.29 is 19.1 Å². The van der Waals surface area contributed by atoms with Crippen molar-refractivity contribution in [1.29, 1.82) is 0 Å². The predicted octanol–water partition coefficient (Wildman–Crippen LogP) is 5.12. The summed E-state index contributed by atoms with van der Waals surface area (Å²) in [7, 11) is 0. The normalized spacial score (nSPS) is 13.2. The van der Waals surface area contributed by atoms with Crippen LogP contribution in [0.3, 0.4) is 0 Å². The van der Waals surface area contributed by atoms with E-state index in [1.54, 1.807) is 39.8 Å². The van der Waals surface area contributed by atoms with Gasteiger partial charge in [-0.25, -0.2) is 4.79 Å². The molecular formula is C27H34N2O4. The van der Waals surface area contributed by atoms with Crippen LogP contribution in [0.15, 0.2) is 54.6 Å². The summed E-state index contributed by atoms with van der Waals surface area (Å²) >= 11 is 0. The Morgan fingerprint density at radius 3 is 1.88 bits per heavy atom. The molecule has 0 aromatic heterocycles. The van der Waals surface area contributed by atoms with Gasteiger partial charge in [0, 0.05) is 16.8 Å². The molecule has 0 aliphatic heterocycles. The molecule has 0 saturated heterocycles. The molecule has 0 radical (unpaired) electrons. The van der Waals surface area contributed by atoms with Crippen molar-refractivity contribution >= 4 is 17.7 Å². The first-order valence-electron chi connectivity index (χ1n) is 11.0. The number of amides is 2. The number of hydrogen-bond acceptors (Lipinski definition) is 4. The maximum Gasteiger partial charge on any atom is 0.408 e. The third kappa shape index (κ3) is 9.80. The summed E-state index contributed by atoms with van der Waals surface area (Å²) in [6.07, 6.45) is -1.27. The van der Waals surface area contributed by atoms with Crippen LogP contribution < -0.4 is 10.6 Å². The number of benzene rings is 2.